The highest BCUT2D eigenvalue weighted by atomic mass is 16.6. The molecular formula is C27H36N2O4. The molecule has 1 fully saturated rings. The van der Waals surface area contributed by atoms with E-state index in [0.717, 1.165) is 30.6 Å². The van der Waals surface area contributed by atoms with E-state index in [0.29, 0.717) is 26.1 Å². The van der Waals surface area contributed by atoms with Gasteiger partial charge >= 0.3 is 6.09 Å². The lowest BCUT2D eigenvalue weighted by Gasteiger charge is -2.39. The summed E-state index contributed by atoms with van der Waals surface area (Å²) in [5, 5.41) is 0. The van der Waals surface area contributed by atoms with Crippen molar-refractivity contribution in [3.8, 4) is 5.75 Å². The Balaban J connectivity index is 1.69. The van der Waals surface area contributed by atoms with Crippen molar-refractivity contribution in [1.29, 1.82) is 0 Å². The topological polar surface area (TPSA) is 59.1 Å². The van der Waals surface area contributed by atoms with Gasteiger partial charge in [-0.1, -0.05) is 48.5 Å². The number of hydrogen-bond donors (Lipinski definition) is 0. The number of likely N-dealkylation sites (tertiary alicyclic amines) is 1. The molecule has 0 aliphatic carbocycles. The van der Waals surface area contributed by atoms with Gasteiger partial charge in [0.2, 0.25) is 5.91 Å². The maximum absolute atomic E-state index is 13.5. The molecule has 0 unspecified atom stereocenters. The summed E-state index contributed by atoms with van der Waals surface area (Å²) in [5.41, 5.74) is 1.58. The molecule has 2 amide bonds. The fraction of sp³-hybridized carbons (Fsp3) is 0.481. The van der Waals surface area contributed by atoms with Crippen molar-refractivity contribution in [3.63, 3.8) is 0 Å². The zero-order valence-corrected chi connectivity index (χ0v) is 20.3. The van der Waals surface area contributed by atoms with Crippen LogP contribution in [0.3, 0.4) is 0 Å². The van der Waals surface area contributed by atoms with Crippen molar-refractivity contribution in [2.24, 2.45) is 0 Å². The molecule has 6 heteroatoms. The van der Waals surface area contributed by atoms with Crippen LogP contribution in [0.15, 0.2) is 54.6 Å². The van der Waals surface area contributed by atoms with Gasteiger partial charge in [-0.3, -0.25) is 4.79 Å². The fourth-order valence-corrected chi connectivity index (χ4v) is 4.21. The van der Waals surface area contributed by atoms with Gasteiger partial charge in [0.15, 0.2) is 0 Å². The van der Waals surface area contributed by atoms with Gasteiger partial charge in [0.1, 0.15) is 11.4 Å². The Kier molecular flexibility index (Phi) is 8.37. The standard InChI is InChI=1S/C27H36N2O4/c1-27(2,3)33-26(31)28-17-15-23(16-18-28)29(19-14-21-10-6-5-7-11-21)25(30)20-22-12-8-9-13-24(22)32-4/h5-13,23H,14-20H2,1-4H3. The lowest BCUT2D eigenvalue weighted by molar-refractivity contribution is -0.133. The maximum Gasteiger partial charge on any atom is 0.410 e. The van der Waals surface area contributed by atoms with Crippen LogP contribution < -0.4 is 4.74 Å². The Labute approximate surface area is 197 Å². The summed E-state index contributed by atoms with van der Waals surface area (Å²) in [6.45, 7) is 7.44. The second-order valence-electron chi connectivity index (χ2n) is 9.51. The van der Waals surface area contributed by atoms with Gasteiger partial charge in [0.25, 0.3) is 0 Å². The number of nitrogens with zero attached hydrogens (tertiary/aromatic N) is 2. The molecule has 6 nitrogen and oxygen atoms in total. The molecule has 0 aromatic heterocycles. The Morgan fingerprint density at radius 1 is 1.00 bits per heavy atom. The third-order valence-corrected chi connectivity index (χ3v) is 5.90. The summed E-state index contributed by atoms with van der Waals surface area (Å²) >= 11 is 0. The molecule has 1 saturated heterocycles. The minimum Gasteiger partial charge on any atom is -0.496 e. The molecule has 2 aromatic carbocycles. The van der Waals surface area contributed by atoms with Crippen LogP contribution >= 0.6 is 0 Å². The maximum atomic E-state index is 13.5. The predicted molar refractivity (Wildman–Crippen MR) is 129 cm³/mol. The van der Waals surface area contributed by atoms with E-state index in [2.05, 4.69) is 12.1 Å². The lowest BCUT2D eigenvalue weighted by atomic mass is 10.0. The summed E-state index contributed by atoms with van der Waals surface area (Å²) in [6, 6.07) is 18.0. The molecule has 2 aromatic rings. The van der Waals surface area contributed by atoms with E-state index in [-0.39, 0.29) is 18.0 Å². The van der Waals surface area contributed by atoms with Gasteiger partial charge in [-0.25, -0.2) is 4.79 Å². The van der Waals surface area contributed by atoms with Gasteiger partial charge in [0.05, 0.1) is 13.5 Å². The lowest BCUT2D eigenvalue weighted by Crippen LogP contribution is -2.50. The fourth-order valence-electron chi connectivity index (χ4n) is 4.21. The molecule has 0 bridgehead atoms. The monoisotopic (exact) mass is 452 g/mol. The molecule has 178 valence electrons. The molecule has 3 rings (SSSR count). The number of methoxy groups -OCH3 is 1. The highest BCUT2D eigenvalue weighted by Crippen LogP contribution is 2.23. The van der Waals surface area contributed by atoms with Crippen LogP contribution in [-0.4, -0.2) is 60.2 Å². The van der Waals surface area contributed by atoms with Crippen LogP contribution in [0.5, 0.6) is 5.75 Å². The minimum atomic E-state index is -0.514. The summed E-state index contributed by atoms with van der Waals surface area (Å²) in [4.78, 5) is 29.7. The van der Waals surface area contributed by atoms with Crippen molar-refractivity contribution in [2.45, 2.75) is 58.1 Å². The van der Waals surface area contributed by atoms with E-state index in [1.165, 1.54) is 5.56 Å². The normalized spacial score (nSPS) is 14.6. The quantitative estimate of drug-likeness (QED) is 0.611. The summed E-state index contributed by atoms with van der Waals surface area (Å²) < 4.78 is 11.0. The predicted octanol–water partition coefficient (Wildman–Crippen LogP) is 4.71. The zero-order chi connectivity index (χ0) is 23.8. The van der Waals surface area contributed by atoms with Crippen LogP contribution in [0.2, 0.25) is 0 Å². The SMILES string of the molecule is COc1ccccc1CC(=O)N(CCc1ccccc1)C1CCN(C(=O)OC(C)(C)C)CC1. The van der Waals surface area contributed by atoms with E-state index in [1.807, 2.05) is 68.1 Å². The summed E-state index contributed by atoms with van der Waals surface area (Å²) in [7, 11) is 1.63. The molecule has 0 saturated carbocycles. The van der Waals surface area contributed by atoms with Crippen LogP contribution in [-0.2, 0) is 22.4 Å². The molecule has 1 heterocycles. The second-order valence-corrected chi connectivity index (χ2v) is 9.51. The van der Waals surface area contributed by atoms with Crippen LogP contribution in [0.25, 0.3) is 0 Å². The first kappa shape index (κ1) is 24.6. The summed E-state index contributed by atoms with van der Waals surface area (Å²) in [6.07, 6.45) is 2.30. The number of carbonyl (C=O) groups excluding carboxylic acids is 2. The number of carbonyl (C=O) groups is 2. The molecule has 33 heavy (non-hydrogen) atoms. The highest BCUT2D eigenvalue weighted by Gasteiger charge is 2.31. The van der Waals surface area contributed by atoms with Crippen LogP contribution in [0.4, 0.5) is 4.79 Å². The third-order valence-electron chi connectivity index (χ3n) is 5.90. The van der Waals surface area contributed by atoms with Crippen molar-refractivity contribution in [2.75, 3.05) is 26.7 Å². The third kappa shape index (κ3) is 7.24. The number of amides is 2. The van der Waals surface area contributed by atoms with E-state index >= 15 is 0 Å². The van der Waals surface area contributed by atoms with E-state index in [1.54, 1.807) is 12.0 Å². The van der Waals surface area contributed by atoms with Gasteiger partial charge in [-0.15, -0.1) is 0 Å². The molecule has 0 radical (unpaired) electrons. The molecule has 0 atom stereocenters. The number of hydrogen-bond acceptors (Lipinski definition) is 4. The minimum absolute atomic E-state index is 0.0890. The van der Waals surface area contributed by atoms with Gasteiger partial charge in [-0.05, 0) is 51.7 Å². The van der Waals surface area contributed by atoms with Gasteiger partial charge in [-0.2, -0.15) is 0 Å². The average molecular weight is 453 g/mol. The second kappa shape index (κ2) is 11.2. The first-order chi connectivity index (χ1) is 15.8. The van der Waals surface area contributed by atoms with Crippen molar-refractivity contribution in [3.05, 3.63) is 65.7 Å². The number of benzene rings is 2. The zero-order valence-electron chi connectivity index (χ0n) is 20.3. The smallest absolute Gasteiger partial charge is 0.410 e. The van der Waals surface area contributed by atoms with Crippen LogP contribution in [0.1, 0.15) is 44.7 Å². The molecular weight excluding hydrogens is 416 g/mol. The average Bonchev–Trinajstić information content (AvgIpc) is 2.79. The van der Waals surface area contributed by atoms with Crippen molar-refractivity contribution < 1.29 is 19.1 Å². The Bertz CT molecular complexity index is 915. The first-order valence-corrected chi connectivity index (χ1v) is 11.7. The highest BCUT2D eigenvalue weighted by molar-refractivity contribution is 5.80. The van der Waals surface area contributed by atoms with Crippen molar-refractivity contribution >= 4 is 12.0 Å². The molecule has 1 aliphatic heterocycles. The van der Waals surface area contributed by atoms with Crippen LogP contribution in [0, 0.1) is 0 Å². The van der Waals surface area contributed by atoms with Gasteiger partial charge in [0, 0.05) is 31.2 Å². The number of para-hydroxylation sites is 1. The molecule has 0 spiro atoms. The molecule has 1 aliphatic rings. The largest absolute Gasteiger partial charge is 0.496 e. The Hall–Kier alpha value is -3.02. The molecule has 0 N–H and O–H groups in total. The first-order valence-electron chi connectivity index (χ1n) is 11.7. The van der Waals surface area contributed by atoms with E-state index in [4.69, 9.17) is 9.47 Å². The Morgan fingerprint density at radius 3 is 2.27 bits per heavy atom. The van der Waals surface area contributed by atoms with E-state index < -0.39 is 5.60 Å². The number of piperidine rings is 1. The number of ether oxygens (including phenoxy) is 2. The summed E-state index contributed by atoms with van der Waals surface area (Å²) in [5.74, 6) is 0.819. The van der Waals surface area contributed by atoms with E-state index in [9.17, 15) is 9.59 Å². The van der Waals surface area contributed by atoms with Gasteiger partial charge < -0.3 is 19.3 Å². The van der Waals surface area contributed by atoms with Crippen molar-refractivity contribution in [1.82, 2.24) is 9.80 Å². The number of rotatable bonds is 7. The Morgan fingerprint density at radius 2 is 1.64 bits per heavy atom.